The fraction of sp³-hybridized carbons (Fsp3) is 0.200. The first-order valence-corrected chi connectivity index (χ1v) is 15.3. The first kappa shape index (κ1) is 31.5. The van der Waals surface area contributed by atoms with Gasteiger partial charge < -0.3 is 14.4 Å². The second kappa shape index (κ2) is 11.7. The van der Waals surface area contributed by atoms with Gasteiger partial charge in [-0.1, -0.05) is 102 Å². The number of hydrogen-bond donors (Lipinski definition) is 1. The fourth-order valence-electron chi connectivity index (χ4n) is 6.21. The van der Waals surface area contributed by atoms with Crippen LogP contribution in [0.3, 0.4) is 0 Å². The Bertz CT molecular complexity index is 2220. The average molecular weight is 786 g/mol. The Kier molecular flexibility index (Phi) is 8.02. The van der Waals surface area contributed by atoms with E-state index in [9.17, 15) is 5.11 Å². The van der Waals surface area contributed by atoms with Gasteiger partial charge in [-0.2, -0.15) is 6.07 Å². The summed E-state index contributed by atoms with van der Waals surface area (Å²) in [7, 11) is 0. The van der Waals surface area contributed by atoms with Gasteiger partial charge in [0.2, 0.25) is 5.88 Å². The average Bonchev–Trinajstić information content (AvgIpc) is 3.34. The van der Waals surface area contributed by atoms with Gasteiger partial charge in [-0.3, -0.25) is 0 Å². The minimum absolute atomic E-state index is 0. The normalized spacial score (nSPS) is 12.0. The van der Waals surface area contributed by atoms with E-state index >= 15 is 0 Å². The maximum Gasteiger partial charge on any atom is 0.217 e. The minimum Gasteiger partial charge on any atom is -0.506 e. The smallest absolute Gasteiger partial charge is 0.217 e. The van der Waals surface area contributed by atoms with Crippen molar-refractivity contribution in [3.63, 3.8) is 0 Å². The third-order valence-electron chi connectivity index (χ3n) is 8.38. The summed E-state index contributed by atoms with van der Waals surface area (Å²) in [6, 6.07) is 36.1. The van der Waals surface area contributed by atoms with E-state index in [4.69, 9.17) is 14.7 Å². The number of ether oxygens (including phenoxy) is 1. The molecule has 0 amide bonds. The number of phenols is 1. The van der Waals surface area contributed by atoms with Crippen LogP contribution in [0, 0.1) is 6.07 Å². The number of phenolic OH excluding ortho intramolecular Hbond substituents is 1. The van der Waals surface area contributed by atoms with Gasteiger partial charge in [0.05, 0.1) is 0 Å². The standard InChI is InChI=1S/C40H36N3O2.Pt/c1-39(2,3)30-18-19-34(44)38-37(30)31(40(4,5)6)24-36(42-38)45-27-16-17-29-28-14-10-11-15-32(28)43(33(29)23-27)35-22-26(20-21-41-35)25-12-8-7-9-13-25;/h7-22,24,44H,1-6H3;/q-1;. The number of aromatic nitrogens is 3. The van der Waals surface area contributed by atoms with E-state index in [1.165, 1.54) is 0 Å². The number of para-hydroxylation sites is 1. The molecule has 46 heavy (non-hydrogen) atoms. The second-order valence-electron chi connectivity index (χ2n) is 13.7. The maximum absolute atomic E-state index is 11.0. The molecule has 0 radical (unpaired) electrons. The van der Waals surface area contributed by atoms with Crippen molar-refractivity contribution < 1.29 is 30.9 Å². The number of benzene rings is 4. The molecule has 0 spiro atoms. The molecule has 0 aliphatic carbocycles. The summed E-state index contributed by atoms with van der Waals surface area (Å²) in [4.78, 5) is 9.65. The molecule has 0 aliphatic heterocycles. The van der Waals surface area contributed by atoms with Crippen molar-refractivity contribution in [1.82, 2.24) is 14.5 Å². The third-order valence-corrected chi connectivity index (χ3v) is 8.38. The van der Waals surface area contributed by atoms with E-state index in [1.54, 1.807) is 6.07 Å². The van der Waals surface area contributed by atoms with Gasteiger partial charge in [-0.05, 0) is 62.7 Å². The number of hydrogen-bond acceptors (Lipinski definition) is 4. The van der Waals surface area contributed by atoms with Crippen LogP contribution in [0.5, 0.6) is 17.4 Å². The van der Waals surface area contributed by atoms with Crippen LogP contribution in [0.1, 0.15) is 52.7 Å². The molecular weight excluding hydrogens is 750 g/mol. The van der Waals surface area contributed by atoms with Crippen LogP contribution in [-0.4, -0.2) is 19.6 Å². The zero-order chi connectivity index (χ0) is 31.5. The van der Waals surface area contributed by atoms with Gasteiger partial charge >= 0.3 is 0 Å². The minimum atomic E-state index is -0.220. The Labute approximate surface area is 284 Å². The molecule has 3 aromatic heterocycles. The van der Waals surface area contributed by atoms with Crippen molar-refractivity contribution >= 4 is 32.7 Å². The maximum atomic E-state index is 11.0. The van der Waals surface area contributed by atoms with Gasteiger partial charge in [-0.25, -0.2) is 9.97 Å². The fourth-order valence-corrected chi connectivity index (χ4v) is 6.21. The summed E-state index contributed by atoms with van der Waals surface area (Å²) in [6.45, 7) is 13.1. The summed E-state index contributed by atoms with van der Waals surface area (Å²) >= 11 is 0. The Morgan fingerprint density at radius 1 is 0.717 bits per heavy atom. The molecule has 0 bridgehead atoms. The van der Waals surface area contributed by atoms with E-state index in [2.05, 4.69) is 94.6 Å². The molecule has 4 aromatic carbocycles. The Hall–Kier alpha value is -4.47. The molecule has 6 heteroatoms. The summed E-state index contributed by atoms with van der Waals surface area (Å²) in [5.41, 5.74) is 6.52. The molecule has 7 aromatic rings. The van der Waals surface area contributed by atoms with E-state index in [0.717, 1.165) is 55.3 Å². The number of pyridine rings is 2. The number of fused-ring (bicyclic) bond motifs is 4. The summed E-state index contributed by atoms with van der Waals surface area (Å²) < 4.78 is 8.62. The number of aromatic hydroxyl groups is 1. The largest absolute Gasteiger partial charge is 0.506 e. The number of rotatable bonds is 4. The van der Waals surface area contributed by atoms with Crippen LogP contribution in [-0.2, 0) is 31.9 Å². The molecule has 234 valence electrons. The van der Waals surface area contributed by atoms with Crippen LogP contribution in [0.15, 0.2) is 103 Å². The van der Waals surface area contributed by atoms with E-state index < -0.39 is 0 Å². The predicted molar refractivity (Wildman–Crippen MR) is 184 cm³/mol. The van der Waals surface area contributed by atoms with Crippen molar-refractivity contribution in [2.75, 3.05) is 0 Å². The van der Waals surface area contributed by atoms with Crippen LogP contribution in [0.25, 0.3) is 49.7 Å². The third kappa shape index (κ3) is 5.58. The van der Waals surface area contributed by atoms with Crippen molar-refractivity contribution in [3.05, 3.63) is 120 Å². The van der Waals surface area contributed by atoms with Crippen molar-refractivity contribution in [2.45, 2.75) is 52.4 Å². The molecule has 7 rings (SSSR count). The van der Waals surface area contributed by atoms with Crippen LogP contribution < -0.4 is 4.74 Å². The molecule has 0 aliphatic rings. The van der Waals surface area contributed by atoms with Gasteiger partial charge in [0.1, 0.15) is 17.1 Å². The quantitative estimate of drug-likeness (QED) is 0.181. The summed E-state index contributed by atoms with van der Waals surface area (Å²) in [5, 5.41) is 14.1. The Balaban J connectivity index is 0.00000372. The molecular formula is C40H36N3O2Pt-. The van der Waals surface area contributed by atoms with Crippen LogP contribution in [0.2, 0.25) is 0 Å². The molecule has 3 heterocycles. The molecule has 0 saturated carbocycles. The van der Waals surface area contributed by atoms with Gasteiger partial charge in [0.25, 0.3) is 0 Å². The summed E-state index contributed by atoms with van der Waals surface area (Å²) in [5.74, 6) is 1.88. The zero-order valence-corrected chi connectivity index (χ0v) is 29.1. The Morgan fingerprint density at radius 2 is 1.43 bits per heavy atom. The first-order valence-electron chi connectivity index (χ1n) is 15.3. The molecule has 0 fully saturated rings. The predicted octanol–water partition coefficient (Wildman–Crippen LogP) is 10.3. The van der Waals surface area contributed by atoms with E-state index in [-0.39, 0.29) is 37.6 Å². The SMILES string of the molecule is CC(C)(C)c1ccc(O)c2nc(Oc3[c-]c4c(cc3)c3ccccc3n4-c3cc(-c4ccccc4)ccn3)cc(C(C)(C)C)c12.[Pt]. The molecule has 0 atom stereocenters. The topological polar surface area (TPSA) is 60.2 Å². The number of nitrogens with zero attached hydrogens (tertiary/aromatic N) is 3. The molecule has 5 nitrogen and oxygen atoms in total. The van der Waals surface area contributed by atoms with Crippen molar-refractivity contribution in [3.8, 4) is 34.3 Å². The van der Waals surface area contributed by atoms with E-state index in [1.807, 2.05) is 54.7 Å². The van der Waals surface area contributed by atoms with Gasteiger partial charge in [-0.15, -0.1) is 17.5 Å². The van der Waals surface area contributed by atoms with Crippen molar-refractivity contribution in [2.24, 2.45) is 0 Å². The van der Waals surface area contributed by atoms with Crippen LogP contribution >= 0.6 is 0 Å². The first-order chi connectivity index (χ1) is 21.5. The molecule has 0 saturated heterocycles. The van der Waals surface area contributed by atoms with Gasteiger partial charge in [0.15, 0.2) is 0 Å². The Morgan fingerprint density at radius 3 is 2.17 bits per heavy atom. The van der Waals surface area contributed by atoms with Crippen LogP contribution in [0.4, 0.5) is 0 Å². The molecule has 1 N–H and O–H groups in total. The second-order valence-corrected chi connectivity index (χ2v) is 13.7. The zero-order valence-electron chi connectivity index (χ0n) is 26.8. The monoisotopic (exact) mass is 785 g/mol. The van der Waals surface area contributed by atoms with E-state index in [0.29, 0.717) is 17.1 Å². The molecule has 0 unspecified atom stereocenters. The van der Waals surface area contributed by atoms with Gasteiger partial charge in [0, 0.05) is 50.0 Å². The van der Waals surface area contributed by atoms with Crippen molar-refractivity contribution in [1.29, 1.82) is 0 Å². The summed E-state index contributed by atoms with van der Waals surface area (Å²) in [6.07, 6.45) is 1.85.